The molecule has 3 rings (SSSR count). The van der Waals surface area contributed by atoms with Crippen molar-refractivity contribution in [2.24, 2.45) is 0 Å². The highest BCUT2D eigenvalue weighted by Gasteiger charge is 2.30. The van der Waals surface area contributed by atoms with Crippen molar-refractivity contribution in [2.75, 3.05) is 25.0 Å². The van der Waals surface area contributed by atoms with Gasteiger partial charge in [0.15, 0.2) is 0 Å². The fourth-order valence-corrected chi connectivity index (χ4v) is 4.47. The standard InChI is InChI=1S/C22H26F3N3O3S/c23-22(24,25)18-6-10-20(11-7-18)32(30,31)26-16-17-4-8-19(9-5-17)27-21(29)12-15-28-13-2-1-3-14-28/h4-11,26H,1-3,12-16H2,(H,27,29). The molecule has 0 radical (unpaired) electrons. The summed E-state index contributed by atoms with van der Waals surface area (Å²) in [6, 6.07) is 10.0. The van der Waals surface area contributed by atoms with Crippen LogP contribution in [-0.4, -0.2) is 38.9 Å². The molecule has 2 N–H and O–H groups in total. The van der Waals surface area contributed by atoms with E-state index in [4.69, 9.17) is 0 Å². The third-order valence-electron chi connectivity index (χ3n) is 5.30. The van der Waals surface area contributed by atoms with Crippen LogP contribution in [0.3, 0.4) is 0 Å². The van der Waals surface area contributed by atoms with Crippen molar-refractivity contribution in [1.29, 1.82) is 0 Å². The Hall–Kier alpha value is -2.43. The zero-order valence-electron chi connectivity index (χ0n) is 17.5. The highest BCUT2D eigenvalue weighted by molar-refractivity contribution is 7.89. The van der Waals surface area contributed by atoms with Crippen molar-refractivity contribution in [3.8, 4) is 0 Å². The lowest BCUT2D eigenvalue weighted by atomic mass is 10.1. The number of piperidine rings is 1. The molecule has 1 aliphatic heterocycles. The predicted molar refractivity (Wildman–Crippen MR) is 115 cm³/mol. The molecule has 1 amide bonds. The third-order valence-corrected chi connectivity index (χ3v) is 6.72. The van der Waals surface area contributed by atoms with Crippen LogP contribution in [0.4, 0.5) is 18.9 Å². The predicted octanol–water partition coefficient (Wildman–Crippen LogP) is 4.00. The van der Waals surface area contributed by atoms with Gasteiger partial charge in [-0.3, -0.25) is 4.79 Å². The number of carbonyl (C=O) groups excluding carboxylic acids is 1. The molecule has 0 bridgehead atoms. The molecule has 0 aromatic heterocycles. The number of carbonyl (C=O) groups is 1. The first-order chi connectivity index (χ1) is 15.1. The molecule has 2 aromatic carbocycles. The van der Waals surface area contributed by atoms with E-state index < -0.39 is 21.8 Å². The molecule has 1 fully saturated rings. The van der Waals surface area contributed by atoms with E-state index in [2.05, 4.69) is 14.9 Å². The number of nitrogens with zero attached hydrogens (tertiary/aromatic N) is 1. The Labute approximate surface area is 185 Å². The molecule has 1 saturated heterocycles. The number of alkyl halides is 3. The van der Waals surface area contributed by atoms with Crippen molar-refractivity contribution in [3.05, 3.63) is 59.7 Å². The molecular weight excluding hydrogens is 443 g/mol. The summed E-state index contributed by atoms with van der Waals surface area (Å²) in [6.07, 6.45) is -0.526. The molecular formula is C22H26F3N3O3S. The van der Waals surface area contributed by atoms with Crippen LogP contribution >= 0.6 is 0 Å². The van der Waals surface area contributed by atoms with E-state index in [0.29, 0.717) is 17.7 Å². The van der Waals surface area contributed by atoms with Gasteiger partial charge in [0.05, 0.1) is 10.5 Å². The van der Waals surface area contributed by atoms with Gasteiger partial charge in [-0.15, -0.1) is 0 Å². The second-order valence-electron chi connectivity index (χ2n) is 7.74. The number of likely N-dealkylation sites (tertiary alicyclic amines) is 1. The first-order valence-corrected chi connectivity index (χ1v) is 11.9. The van der Waals surface area contributed by atoms with Crippen molar-refractivity contribution in [2.45, 2.75) is 43.3 Å². The van der Waals surface area contributed by atoms with E-state index in [0.717, 1.165) is 43.9 Å². The van der Waals surface area contributed by atoms with Crippen molar-refractivity contribution in [1.82, 2.24) is 9.62 Å². The maximum absolute atomic E-state index is 12.6. The van der Waals surface area contributed by atoms with Crippen LogP contribution in [0.15, 0.2) is 53.4 Å². The Morgan fingerprint density at radius 1 is 0.938 bits per heavy atom. The summed E-state index contributed by atoms with van der Waals surface area (Å²) in [6.45, 7) is 2.76. The number of amides is 1. The average Bonchev–Trinajstić information content (AvgIpc) is 2.77. The van der Waals surface area contributed by atoms with E-state index in [1.807, 2.05) is 0 Å². The smallest absolute Gasteiger partial charge is 0.326 e. The Morgan fingerprint density at radius 3 is 2.16 bits per heavy atom. The summed E-state index contributed by atoms with van der Waals surface area (Å²) in [5.41, 5.74) is 0.347. The minimum atomic E-state index is -4.53. The Morgan fingerprint density at radius 2 is 1.56 bits per heavy atom. The van der Waals surface area contributed by atoms with E-state index in [-0.39, 0.29) is 17.3 Å². The number of rotatable bonds is 8. The van der Waals surface area contributed by atoms with Gasteiger partial charge in [0, 0.05) is 25.2 Å². The van der Waals surface area contributed by atoms with E-state index in [1.54, 1.807) is 24.3 Å². The summed E-state index contributed by atoms with van der Waals surface area (Å²) in [4.78, 5) is 14.2. The molecule has 32 heavy (non-hydrogen) atoms. The number of benzene rings is 2. The first kappa shape index (κ1) is 24.2. The van der Waals surface area contributed by atoms with Gasteiger partial charge in [0.2, 0.25) is 15.9 Å². The molecule has 10 heteroatoms. The second kappa shape index (κ2) is 10.5. The van der Waals surface area contributed by atoms with Crippen LogP contribution < -0.4 is 10.0 Å². The normalized spacial score (nSPS) is 15.5. The highest BCUT2D eigenvalue weighted by atomic mass is 32.2. The van der Waals surface area contributed by atoms with E-state index >= 15 is 0 Å². The Balaban J connectivity index is 1.49. The fourth-order valence-electron chi connectivity index (χ4n) is 3.46. The summed E-state index contributed by atoms with van der Waals surface area (Å²) in [5.74, 6) is -0.0775. The van der Waals surface area contributed by atoms with Crippen LogP contribution in [0.1, 0.15) is 36.8 Å². The lowest BCUT2D eigenvalue weighted by molar-refractivity contribution is -0.137. The maximum atomic E-state index is 12.6. The van der Waals surface area contributed by atoms with Gasteiger partial charge in [0.25, 0.3) is 0 Å². The Bertz CT molecular complexity index is 1000. The summed E-state index contributed by atoms with van der Waals surface area (Å²) >= 11 is 0. The monoisotopic (exact) mass is 469 g/mol. The summed E-state index contributed by atoms with van der Waals surface area (Å²) in [5, 5.41) is 2.83. The number of halogens is 3. The fraction of sp³-hybridized carbons (Fsp3) is 0.409. The van der Waals surface area contributed by atoms with Crippen LogP contribution in [0.2, 0.25) is 0 Å². The van der Waals surface area contributed by atoms with Gasteiger partial charge in [0.1, 0.15) is 0 Å². The minimum Gasteiger partial charge on any atom is -0.326 e. The summed E-state index contributed by atoms with van der Waals surface area (Å²) in [7, 11) is -3.96. The molecule has 6 nitrogen and oxygen atoms in total. The zero-order valence-corrected chi connectivity index (χ0v) is 18.3. The molecule has 2 aromatic rings. The van der Waals surface area contributed by atoms with E-state index in [1.165, 1.54) is 19.3 Å². The van der Waals surface area contributed by atoms with E-state index in [9.17, 15) is 26.4 Å². The van der Waals surface area contributed by atoms with Crippen LogP contribution in [0.5, 0.6) is 0 Å². The largest absolute Gasteiger partial charge is 0.416 e. The van der Waals surface area contributed by atoms with Crippen LogP contribution in [-0.2, 0) is 27.5 Å². The molecule has 1 aliphatic rings. The minimum absolute atomic E-state index is 0.0352. The molecule has 0 unspecified atom stereocenters. The molecule has 0 atom stereocenters. The molecule has 1 heterocycles. The number of hydrogen-bond acceptors (Lipinski definition) is 4. The first-order valence-electron chi connectivity index (χ1n) is 10.4. The lowest BCUT2D eigenvalue weighted by Crippen LogP contribution is -2.32. The average molecular weight is 470 g/mol. The topological polar surface area (TPSA) is 78.5 Å². The molecule has 0 saturated carbocycles. The van der Waals surface area contributed by atoms with Crippen molar-refractivity contribution < 1.29 is 26.4 Å². The zero-order chi connectivity index (χ0) is 23.2. The number of hydrogen-bond donors (Lipinski definition) is 2. The third kappa shape index (κ3) is 7.04. The number of nitrogens with one attached hydrogen (secondary N) is 2. The highest BCUT2D eigenvalue weighted by Crippen LogP contribution is 2.29. The van der Waals surface area contributed by atoms with Gasteiger partial charge in [-0.05, 0) is 67.9 Å². The van der Waals surface area contributed by atoms with Crippen LogP contribution in [0, 0.1) is 0 Å². The second-order valence-corrected chi connectivity index (χ2v) is 9.51. The van der Waals surface area contributed by atoms with Crippen molar-refractivity contribution >= 4 is 21.6 Å². The number of sulfonamides is 1. The number of anilines is 1. The van der Waals surface area contributed by atoms with Gasteiger partial charge >= 0.3 is 6.18 Å². The quantitative estimate of drug-likeness (QED) is 0.613. The molecule has 0 aliphatic carbocycles. The van der Waals surface area contributed by atoms with Gasteiger partial charge in [-0.2, -0.15) is 13.2 Å². The summed E-state index contributed by atoms with van der Waals surface area (Å²) < 4.78 is 64.9. The van der Waals surface area contributed by atoms with Gasteiger partial charge < -0.3 is 10.2 Å². The van der Waals surface area contributed by atoms with Gasteiger partial charge in [-0.25, -0.2) is 13.1 Å². The SMILES string of the molecule is O=C(CCN1CCCCC1)Nc1ccc(CNS(=O)(=O)c2ccc(C(F)(F)F)cc2)cc1. The Kier molecular flexibility index (Phi) is 7.91. The molecule has 0 spiro atoms. The molecule has 174 valence electrons. The van der Waals surface area contributed by atoms with Crippen molar-refractivity contribution in [3.63, 3.8) is 0 Å². The van der Waals surface area contributed by atoms with Gasteiger partial charge in [-0.1, -0.05) is 18.6 Å². The van der Waals surface area contributed by atoms with Crippen LogP contribution in [0.25, 0.3) is 0 Å². The lowest BCUT2D eigenvalue weighted by Gasteiger charge is -2.25. The maximum Gasteiger partial charge on any atom is 0.416 e.